The molecule has 0 radical (unpaired) electrons. The maximum Gasteiger partial charge on any atom is 0.305 e. The van der Waals surface area contributed by atoms with Gasteiger partial charge in [0.05, 0.1) is 6.61 Å². The third-order valence-corrected chi connectivity index (χ3v) is 6.08. The van der Waals surface area contributed by atoms with E-state index in [-0.39, 0.29) is 11.4 Å². The first-order valence-electron chi connectivity index (χ1n) is 12.7. The number of carbonyl (C=O) groups is 1. The molecule has 0 spiro atoms. The molecule has 1 atom stereocenters. The summed E-state index contributed by atoms with van der Waals surface area (Å²) in [6.07, 6.45) is 23.9. The molecule has 2 nitrogen and oxygen atoms in total. The minimum absolute atomic E-state index is 0.00643. The van der Waals surface area contributed by atoms with Gasteiger partial charge in [0.15, 0.2) is 0 Å². The lowest BCUT2D eigenvalue weighted by atomic mass is 9.80. The van der Waals surface area contributed by atoms with Crippen LogP contribution in [0.4, 0.5) is 0 Å². The first-order chi connectivity index (χ1) is 13.6. The van der Waals surface area contributed by atoms with Gasteiger partial charge in [0.25, 0.3) is 0 Å². The quantitative estimate of drug-likeness (QED) is 0.143. The lowest BCUT2D eigenvalue weighted by Gasteiger charge is -2.29. The predicted octanol–water partition coefficient (Wildman–Crippen LogP) is 9.01. The van der Waals surface area contributed by atoms with Crippen LogP contribution in [0.2, 0.25) is 0 Å². The van der Waals surface area contributed by atoms with Crippen molar-refractivity contribution in [1.82, 2.24) is 0 Å². The van der Waals surface area contributed by atoms with Crippen molar-refractivity contribution in [1.29, 1.82) is 0 Å². The zero-order chi connectivity index (χ0) is 20.9. The van der Waals surface area contributed by atoms with Crippen molar-refractivity contribution in [3.63, 3.8) is 0 Å². The maximum atomic E-state index is 12.0. The van der Waals surface area contributed by atoms with E-state index < -0.39 is 0 Å². The Labute approximate surface area is 177 Å². The van der Waals surface area contributed by atoms with Crippen molar-refractivity contribution in [3.05, 3.63) is 0 Å². The van der Waals surface area contributed by atoms with Gasteiger partial charge in [-0.05, 0) is 19.3 Å². The molecule has 0 heterocycles. The van der Waals surface area contributed by atoms with Crippen LogP contribution < -0.4 is 0 Å². The molecule has 0 aromatic heterocycles. The van der Waals surface area contributed by atoms with Crippen LogP contribution in [-0.4, -0.2) is 12.6 Å². The second-order valence-electron chi connectivity index (χ2n) is 9.32. The number of esters is 1. The molecule has 0 aromatic carbocycles. The number of unbranched alkanes of at least 4 members (excludes halogenated alkanes) is 13. The summed E-state index contributed by atoms with van der Waals surface area (Å²) in [5.41, 5.74) is 0.175. The SMILES string of the molecule is CCCCCCCCCCC(C)(CCCCCCCC)COC(=O)CCCC. The fourth-order valence-electron chi connectivity index (χ4n) is 3.94. The summed E-state index contributed by atoms with van der Waals surface area (Å²) in [6.45, 7) is 9.65. The molecule has 0 aliphatic carbocycles. The van der Waals surface area contributed by atoms with E-state index >= 15 is 0 Å². The van der Waals surface area contributed by atoms with Gasteiger partial charge in [-0.3, -0.25) is 4.79 Å². The second kappa shape index (κ2) is 19.8. The normalized spacial score (nSPS) is 13.4. The Morgan fingerprint density at radius 3 is 1.43 bits per heavy atom. The molecular weight excluding hydrogens is 344 g/mol. The molecule has 0 N–H and O–H groups in total. The van der Waals surface area contributed by atoms with E-state index in [1.807, 2.05) is 0 Å². The monoisotopic (exact) mass is 396 g/mol. The summed E-state index contributed by atoms with van der Waals surface area (Å²) in [7, 11) is 0. The third-order valence-electron chi connectivity index (χ3n) is 6.08. The third kappa shape index (κ3) is 17.6. The largest absolute Gasteiger partial charge is 0.465 e. The molecule has 0 saturated heterocycles. The minimum Gasteiger partial charge on any atom is -0.465 e. The fraction of sp³-hybridized carbons (Fsp3) is 0.962. The van der Waals surface area contributed by atoms with Crippen LogP contribution >= 0.6 is 0 Å². The number of carbonyl (C=O) groups excluding carboxylic acids is 1. The van der Waals surface area contributed by atoms with Crippen LogP contribution in [0.1, 0.15) is 150 Å². The lowest BCUT2D eigenvalue weighted by Crippen LogP contribution is -2.25. The van der Waals surface area contributed by atoms with Gasteiger partial charge in [0, 0.05) is 11.8 Å². The smallest absolute Gasteiger partial charge is 0.305 e. The molecule has 0 fully saturated rings. The van der Waals surface area contributed by atoms with E-state index in [0.717, 1.165) is 12.8 Å². The summed E-state index contributed by atoms with van der Waals surface area (Å²) in [4.78, 5) is 12.0. The molecule has 168 valence electrons. The zero-order valence-corrected chi connectivity index (χ0v) is 20.0. The number of rotatable bonds is 21. The first-order valence-corrected chi connectivity index (χ1v) is 12.7. The number of hydrogen-bond acceptors (Lipinski definition) is 2. The summed E-state index contributed by atoms with van der Waals surface area (Å²) in [5, 5.41) is 0. The molecule has 0 aromatic rings. The molecular formula is C26H52O2. The van der Waals surface area contributed by atoms with Gasteiger partial charge >= 0.3 is 5.97 Å². The van der Waals surface area contributed by atoms with E-state index in [9.17, 15) is 4.79 Å². The molecule has 2 heteroatoms. The molecule has 0 rings (SSSR count). The van der Waals surface area contributed by atoms with Gasteiger partial charge < -0.3 is 4.74 Å². The molecule has 0 aliphatic heterocycles. The van der Waals surface area contributed by atoms with E-state index in [1.54, 1.807) is 0 Å². The topological polar surface area (TPSA) is 26.3 Å². The molecule has 1 unspecified atom stereocenters. The Morgan fingerprint density at radius 2 is 1.00 bits per heavy atom. The standard InChI is InChI=1S/C26H52O2/c1-5-8-11-13-15-16-18-20-23-26(4,22-19-17-14-12-9-6-2)24-28-25(27)21-10-7-3/h5-24H2,1-4H3. The molecule has 0 bridgehead atoms. The van der Waals surface area contributed by atoms with Crippen LogP contribution in [0.15, 0.2) is 0 Å². The minimum atomic E-state index is 0.00643. The van der Waals surface area contributed by atoms with Crippen LogP contribution in [0, 0.1) is 5.41 Å². The molecule has 28 heavy (non-hydrogen) atoms. The van der Waals surface area contributed by atoms with Crippen LogP contribution in [-0.2, 0) is 9.53 Å². The van der Waals surface area contributed by atoms with Crippen LogP contribution in [0.3, 0.4) is 0 Å². The van der Waals surface area contributed by atoms with Crippen molar-refractivity contribution in [3.8, 4) is 0 Å². The van der Waals surface area contributed by atoms with E-state index in [1.165, 1.54) is 103 Å². The highest BCUT2D eigenvalue weighted by Gasteiger charge is 2.25. The fourth-order valence-corrected chi connectivity index (χ4v) is 3.94. The first kappa shape index (κ1) is 27.5. The average molecular weight is 397 g/mol. The summed E-state index contributed by atoms with van der Waals surface area (Å²) in [6, 6.07) is 0. The Bertz CT molecular complexity index is 339. The number of hydrogen-bond donors (Lipinski definition) is 0. The predicted molar refractivity (Wildman–Crippen MR) is 124 cm³/mol. The van der Waals surface area contributed by atoms with Crippen molar-refractivity contribution in [2.45, 2.75) is 150 Å². The highest BCUT2D eigenvalue weighted by molar-refractivity contribution is 5.69. The van der Waals surface area contributed by atoms with Gasteiger partial charge in [-0.2, -0.15) is 0 Å². The average Bonchev–Trinajstić information content (AvgIpc) is 2.69. The Kier molecular flexibility index (Phi) is 19.4. The lowest BCUT2D eigenvalue weighted by molar-refractivity contribution is -0.147. The van der Waals surface area contributed by atoms with E-state index in [0.29, 0.717) is 13.0 Å². The van der Waals surface area contributed by atoms with Gasteiger partial charge in [-0.1, -0.05) is 124 Å². The molecule has 0 amide bonds. The van der Waals surface area contributed by atoms with Crippen molar-refractivity contribution >= 4 is 5.97 Å². The molecule has 0 aliphatic rings. The Balaban J connectivity index is 4.16. The van der Waals surface area contributed by atoms with Crippen molar-refractivity contribution in [2.75, 3.05) is 6.61 Å². The highest BCUT2D eigenvalue weighted by Crippen LogP contribution is 2.32. The summed E-state index contributed by atoms with van der Waals surface area (Å²) >= 11 is 0. The zero-order valence-electron chi connectivity index (χ0n) is 20.0. The molecule has 0 saturated carbocycles. The van der Waals surface area contributed by atoms with E-state index in [4.69, 9.17) is 4.74 Å². The highest BCUT2D eigenvalue weighted by atomic mass is 16.5. The summed E-state index contributed by atoms with van der Waals surface area (Å²) in [5.74, 6) is 0.00643. The van der Waals surface area contributed by atoms with E-state index in [2.05, 4.69) is 27.7 Å². The Morgan fingerprint density at radius 1 is 0.607 bits per heavy atom. The van der Waals surface area contributed by atoms with Crippen molar-refractivity contribution < 1.29 is 9.53 Å². The van der Waals surface area contributed by atoms with Crippen LogP contribution in [0.5, 0.6) is 0 Å². The summed E-state index contributed by atoms with van der Waals surface area (Å²) < 4.78 is 5.69. The van der Waals surface area contributed by atoms with Gasteiger partial charge in [-0.25, -0.2) is 0 Å². The van der Waals surface area contributed by atoms with Gasteiger partial charge in [0.2, 0.25) is 0 Å². The second-order valence-corrected chi connectivity index (χ2v) is 9.32. The Hall–Kier alpha value is -0.530. The van der Waals surface area contributed by atoms with Crippen molar-refractivity contribution in [2.24, 2.45) is 5.41 Å². The maximum absolute atomic E-state index is 12.0. The van der Waals surface area contributed by atoms with Gasteiger partial charge in [-0.15, -0.1) is 0 Å². The van der Waals surface area contributed by atoms with Crippen LogP contribution in [0.25, 0.3) is 0 Å². The number of ether oxygens (including phenoxy) is 1. The van der Waals surface area contributed by atoms with Gasteiger partial charge in [0.1, 0.15) is 0 Å².